The number of anilines is 1. The molecule has 1 amide bonds. The zero-order valence-corrected chi connectivity index (χ0v) is 11.9. The summed E-state index contributed by atoms with van der Waals surface area (Å²) < 4.78 is 0. The molecule has 1 N–H and O–H groups in total. The van der Waals surface area contributed by atoms with E-state index in [1.807, 2.05) is 42.3 Å². The number of nitrogens with one attached hydrogen (secondary N) is 1. The highest BCUT2D eigenvalue weighted by Gasteiger charge is 2.22. The number of carbonyl (C=O) groups excluding carboxylic acids is 1. The van der Waals surface area contributed by atoms with Crippen LogP contribution in [0.3, 0.4) is 0 Å². The molecule has 0 unspecified atom stereocenters. The Bertz CT molecular complexity index is 404. The second-order valence-corrected chi connectivity index (χ2v) is 5.63. The van der Waals surface area contributed by atoms with E-state index in [1.165, 1.54) is 19.3 Å². The van der Waals surface area contributed by atoms with Gasteiger partial charge in [-0.05, 0) is 30.9 Å². The summed E-state index contributed by atoms with van der Waals surface area (Å²) in [6.45, 7) is 2.66. The molecule has 1 aliphatic rings. The normalized spacial score (nSPS) is 22.8. The molecule has 0 spiro atoms. The van der Waals surface area contributed by atoms with Gasteiger partial charge in [-0.25, -0.2) is 0 Å². The van der Waals surface area contributed by atoms with Crippen LogP contribution >= 0.6 is 0 Å². The number of nitrogens with zero attached hydrogens (tertiary/aromatic N) is 1. The Balaban J connectivity index is 1.84. The summed E-state index contributed by atoms with van der Waals surface area (Å²) in [6.07, 6.45) is 4.91. The van der Waals surface area contributed by atoms with Crippen LogP contribution in [-0.2, 0) is 4.79 Å². The molecule has 1 aliphatic carbocycles. The molecule has 2 atom stereocenters. The average molecular weight is 260 g/mol. The van der Waals surface area contributed by atoms with Gasteiger partial charge >= 0.3 is 0 Å². The van der Waals surface area contributed by atoms with E-state index in [0.29, 0.717) is 18.5 Å². The SMILES string of the molecule is C[C@@H]1CCCC[C@H]1NC(=O)CN(C)c1ccccc1. The van der Waals surface area contributed by atoms with Crippen molar-refractivity contribution in [2.75, 3.05) is 18.5 Å². The fraction of sp³-hybridized carbons (Fsp3) is 0.562. The lowest BCUT2D eigenvalue weighted by molar-refractivity contribution is -0.121. The number of likely N-dealkylation sites (N-methyl/N-ethyl adjacent to an activating group) is 1. The van der Waals surface area contributed by atoms with Crippen molar-refractivity contribution in [1.29, 1.82) is 0 Å². The number of carbonyl (C=O) groups is 1. The van der Waals surface area contributed by atoms with Crippen LogP contribution < -0.4 is 10.2 Å². The van der Waals surface area contributed by atoms with Crippen molar-refractivity contribution >= 4 is 11.6 Å². The fourth-order valence-electron chi connectivity index (χ4n) is 2.77. The molecule has 0 aliphatic heterocycles. The van der Waals surface area contributed by atoms with Crippen LogP contribution in [0, 0.1) is 5.92 Å². The lowest BCUT2D eigenvalue weighted by atomic mass is 9.86. The zero-order chi connectivity index (χ0) is 13.7. The molecule has 0 aromatic heterocycles. The summed E-state index contributed by atoms with van der Waals surface area (Å²) in [4.78, 5) is 14.1. The maximum atomic E-state index is 12.1. The van der Waals surface area contributed by atoms with Crippen molar-refractivity contribution in [1.82, 2.24) is 5.32 Å². The fourth-order valence-corrected chi connectivity index (χ4v) is 2.77. The van der Waals surface area contributed by atoms with Crippen molar-refractivity contribution in [2.45, 2.75) is 38.6 Å². The van der Waals surface area contributed by atoms with E-state index >= 15 is 0 Å². The molecular formula is C16H24N2O. The average Bonchev–Trinajstić information content (AvgIpc) is 2.42. The third kappa shape index (κ3) is 3.98. The van der Waals surface area contributed by atoms with Crippen molar-refractivity contribution in [3.63, 3.8) is 0 Å². The van der Waals surface area contributed by atoms with Crippen LogP contribution in [0.5, 0.6) is 0 Å². The lowest BCUT2D eigenvalue weighted by Gasteiger charge is -2.30. The van der Waals surface area contributed by atoms with Crippen molar-refractivity contribution in [2.24, 2.45) is 5.92 Å². The van der Waals surface area contributed by atoms with Gasteiger partial charge in [0.1, 0.15) is 0 Å². The van der Waals surface area contributed by atoms with Gasteiger partial charge in [0.15, 0.2) is 0 Å². The Hall–Kier alpha value is -1.51. The Morgan fingerprint density at radius 3 is 2.63 bits per heavy atom. The van der Waals surface area contributed by atoms with Crippen LogP contribution in [-0.4, -0.2) is 25.5 Å². The number of hydrogen-bond acceptors (Lipinski definition) is 2. The molecule has 1 aromatic rings. The predicted molar refractivity (Wildman–Crippen MR) is 79.3 cm³/mol. The van der Waals surface area contributed by atoms with Crippen LogP contribution in [0.1, 0.15) is 32.6 Å². The first kappa shape index (κ1) is 13.9. The second kappa shape index (κ2) is 6.60. The van der Waals surface area contributed by atoms with E-state index in [1.54, 1.807) is 0 Å². The van der Waals surface area contributed by atoms with Gasteiger partial charge in [-0.3, -0.25) is 4.79 Å². The number of benzene rings is 1. The number of rotatable bonds is 4. The molecule has 2 rings (SSSR count). The molecule has 1 saturated carbocycles. The summed E-state index contributed by atoms with van der Waals surface area (Å²) in [7, 11) is 1.96. The van der Waals surface area contributed by atoms with Gasteiger partial charge in [-0.1, -0.05) is 38.0 Å². The monoisotopic (exact) mass is 260 g/mol. The van der Waals surface area contributed by atoms with Gasteiger partial charge in [0.2, 0.25) is 5.91 Å². The van der Waals surface area contributed by atoms with E-state index < -0.39 is 0 Å². The lowest BCUT2D eigenvalue weighted by Crippen LogP contribution is -2.45. The minimum atomic E-state index is 0.130. The molecule has 19 heavy (non-hydrogen) atoms. The maximum Gasteiger partial charge on any atom is 0.239 e. The van der Waals surface area contributed by atoms with Crippen LogP contribution in [0.15, 0.2) is 30.3 Å². The van der Waals surface area contributed by atoms with E-state index in [9.17, 15) is 4.79 Å². The van der Waals surface area contributed by atoms with Crippen molar-refractivity contribution in [3.05, 3.63) is 30.3 Å². The maximum absolute atomic E-state index is 12.1. The van der Waals surface area contributed by atoms with Gasteiger partial charge in [-0.15, -0.1) is 0 Å². The Kier molecular flexibility index (Phi) is 4.83. The van der Waals surface area contributed by atoms with Gasteiger partial charge in [0.05, 0.1) is 6.54 Å². The summed E-state index contributed by atoms with van der Waals surface area (Å²) in [5.41, 5.74) is 1.08. The quantitative estimate of drug-likeness (QED) is 0.903. The molecular weight excluding hydrogens is 236 g/mol. The zero-order valence-electron chi connectivity index (χ0n) is 11.9. The number of amides is 1. The van der Waals surface area contributed by atoms with Gasteiger partial charge in [0, 0.05) is 18.8 Å². The molecule has 0 saturated heterocycles. The van der Waals surface area contributed by atoms with Crippen LogP contribution in [0.4, 0.5) is 5.69 Å². The highest BCUT2D eigenvalue weighted by molar-refractivity contribution is 5.81. The molecule has 0 bridgehead atoms. The van der Waals surface area contributed by atoms with E-state index in [-0.39, 0.29) is 5.91 Å². The molecule has 0 radical (unpaired) electrons. The largest absolute Gasteiger partial charge is 0.365 e. The summed E-state index contributed by atoms with van der Waals surface area (Å²) in [5.74, 6) is 0.741. The van der Waals surface area contributed by atoms with E-state index in [2.05, 4.69) is 12.2 Å². The minimum absolute atomic E-state index is 0.130. The van der Waals surface area contributed by atoms with Crippen molar-refractivity contribution < 1.29 is 4.79 Å². The van der Waals surface area contributed by atoms with Gasteiger partial charge in [0.25, 0.3) is 0 Å². The first-order valence-electron chi connectivity index (χ1n) is 7.22. The molecule has 1 fully saturated rings. The molecule has 3 nitrogen and oxygen atoms in total. The summed E-state index contributed by atoms with van der Waals surface area (Å²) in [5, 5.41) is 3.19. The van der Waals surface area contributed by atoms with Crippen LogP contribution in [0.25, 0.3) is 0 Å². The third-order valence-corrected chi connectivity index (χ3v) is 4.04. The van der Waals surface area contributed by atoms with E-state index in [0.717, 1.165) is 12.1 Å². The Labute approximate surface area is 116 Å². The Morgan fingerprint density at radius 2 is 1.95 bits per heavy atom. The molecule has 104 valence electrons. The first-order chi connectivity index (χ1) is 9.16. The highest BCUT2D eigenvalue weighted by Crippen LogP contribution is 2.23. The minimum Gasteiger partial charge on any atom is -0.365 e. The first-order valence-corrected chi connectivity index (χ1v) is 7.22. The number of para-hydroxylation sites is 1. The summed E-state index contributed by atoms with van der Waals surface area (Å²) in [6, 6.07) is 10.4. The number of hydrogen-bond donors (Lipinski definition) is 1. The third-order valence-electron chi connectivity index (χ3n) is 4.04. The Morgan fingerprint density at radius 1 is 1.26 bits per heavy atom. The van der Waals surface area contributed by atoms with Crippen LogP contribution in [0.2, 0.25) is 0 Å². The topological polar surface area (TPSA) is 32.3 Å². The predicted octanol–water partition coefficient (Wildman–Crippen LogP) is 2.82. The van der Waals surface area contributed by atoms with E-state index in [4.69, 9.17) is 0 Å². The standard InChI is InChI=1S/C16H24N2O/c1-13-8-6-7-11-15(13)17-16(19)12-18(2)14-9-4-3-5-10-14/h3-5,9-10,13,15H,6-8,11-12H2,1-2H3,(H,17,19)/t13-,15-/m1/s1. The van der Waals surface area contributed by atoms with Gasteiger partial charge in [-0.2, -0.15) is 0 Å². The molecule has 0 heterocycles. The summed E-state index contributed by atoms with van der Waals surface area (Å²) >= 11 is 0. The van der Waals surface area contributed by atoms with Gasteiger partial charge < -0.3 is 10.2 Å². The van der Waals surface area contributed by atoms with Crippen molar-refractivity contribution in [3.8, 4) is 0 Å². The second-order valence-electron chi connectivity index (χ2n) is 5.63. The molecule has 1 aromatic carbocycles. The highest BCUT2D eigenvalue weighted by atomic mass is 16.2. The smallest absolute Gasteiger partial charge is 0.239 e. The molecule has 3 heteroatoms.